The van der Waals surface area contributed by atoms with Gasteiger partial charge in [0.2, 0.25) is 0 Å². The Morgan fingerprint density at radius 1 is 0.750 bits per heavy atom. The normalized spacial score (nSPS) is 24.0. The highest BCUT2D eigenvalue weighted by molar-refractivity contribution is 7.99. The summed E-state index contributed by atoms with van der Waals surface area (Å²) in [6.07, 6.45) is -7.94. The van der Waals surface area contributed by atoms with Crippen LogP contribution in [-0.4, -0.2) is 108 Å². The van der Waals surface area contributed by atoms with Crippen molar-refractivity contribution in [2.24, 2.45) is 0 Å². The molecular weight excluding hydrogens is 408 g/mol. The van der Waals surface area contributed by atoms with Gasteiger partial charge in [0.05, 0.1) is 19.8 Å². The third kappa shape index (κ3) is 8.35. The molecule has 0 aromatic heterocycles. The van der Waals surface area contributed by atoms with Gasteiger partial charge in [-0.05, 0) is 0 Å². The van der Waals surface area contributed by atoms with E-state index in [0.29, 0.717) is 0 Å². The van der Waals surface area contributed by atoms with E-state index >= 15 is 0 Å². The van der Waals surface area contributed by atoms with Crippen molar-refractivity contribution in [3.63, 3.8) is 0 Å². The van der Waals surface area contributed by atoms with Gasteiger partial charge in [-0.2, -0.15) is 0 Å². The second-order valence-electron chi connectivity index (χ2n) is 5.01. The minimum absolute atomic E-state index is 0.0567. The molecule has 1 aliphatic rings. The summed E-state index contributed by atoms with van der Waals surface area (Å²) in [4.78, 5) is 35.0. The van der Waals surface area contributed by atoms with Crippen LogP contribution >= 0.6 is 11.8 Å². The van der Waals surface area contributed by atoms with Gasteiger partial charge in [0.25, 0.3) is 0 Å². The van der Waals surface area contributed by atoms with Crippen LogP contribution in [-0.2, 0) is 28.4 Å². The lowest BCUT2D eigenvalue weighted by Crippen LogP contribution is -2.54. The van der Waals surface area contributed by atoms with Gasteiger partial charge in [0, 0.05) is 5.75 Å². The molecule has 13 nitrogen and oxygen atoms in total. The summed E-state index contributed by atoms with van der Waals surface area (Å²) in [5.41, 5.74) is -1.37. The van der Waals surface area contributed by atoms with Crippen molar-refractivity contribution in [2.45, 2.75) is 23.7 Å². The van der Waals surface area contributed by atoms with Crippen LogP contribution < -0.4 is 0 Å². The van der Waals surface area contributed by atoms with Crippen molar-refractivity contribution in [1.82, 2.24) is 0 Å². The second-order valence-corrected chi connectivity index (χ2v) is 6.16. The van der Waals surface area contributed by atoms with Crippen molar-refractivity contribution in [2.75, 3.05) is 45.4 Å². The number of thioether (sulfide) groups is 1. The van der Waals surface area contributed by atoms with Gasteiger partial charge in [-0.15, -0.1) is 11.8 Å². The molecule has 1 aliphatic heterocycles. The Morgan fingerprint density at radius 2 is 1.18 bits per heavy atom. The molecule has 0 amide bonds. The Morgan fingerprint density at radius 3 is 1.64 bits per heavy atom. The zero-order valence-corrected chi connectivity index (χ0v) is 15.4. The van der Waals surface area contributed by atoms with Crippen molar-refractivity contribution in [3.05, 3.63) is 0 Å². The van der Waals surface area contributed by atoms with E-state index in [9.17, 15) is 19.5 Å². The van der Waals surface area contributed by atoms with Gasteiger partial charge < -0.3 is 48.8 Å². The molecule has 0 aromatic rings. The van der Waals surface area contributed by atoms with Crippen LogP contribution in [0, 0.1) is 0 Å². The summed E-state index contributed by atoms with van der Waals surface area (Å²) < 4.78 is 28.6. The van der Waals surface area contributed by atoms with Gasteiger partial charge in [0.1, 0.15) is 25.3 Å². The van der Waals surface area contributed by atoms with Gasteiger partial charge >= 0.3 is 18.5 Å². The first-order valence-corrected chi connectivity index (χ1v) is 9.10. The van der Waals surface area contributed by atoms with Gasteiger partial charge in [-0.3, -0.25) is 0 Å². The molecule has 1 rings (SSSR count). The van der Waals surface area contributed by atoms with Crippen molar-refractivity contribution in [1.29, 1.82) is 0 Å². The molecule has 14 heteroatoms. The average molecular weight is 430 g/mol. The fraction of sp³-hybridized carbons (Fsp3) is 0.786. The smallest absolute Gasteiger partial charge is 0.432 e. The highest BCUT2D eigenvalue weighted by Crippen LogP contribution is 2.31. The zero-order valence-electron chi connectivity index (χ0n) is 14.6. The summed E-state index contributed by atoms with van der Waals surface area (Å²) in [7, 11) is 0. The Bertz CT molecular complexity index is 502. The van der Waals surface area contributed by atoms with Crippen molar-refractivity contribution < 1.29 is 63.2 Å². The Balaban J connectivity index is 2.88. The molecule has 1 heterocycles. The van der Waals surface area contributed by atoms with Crippen LogP contribution in [0.25, 0.3) is 0 Å². The van der Waals surface area contributed by atoms with Crippen LogP contribution in [0.15, 0.2) is 0 Å². The van der Waals surface area contributed by atoms with E-state index in [1.165, 1.54) is 0 Å². The first-order valence-electron chi connectivity index (χ1n) is 8.05. The molecule has 28 heavy (non-hydrogen) atoms. The molecule has 0 bridgehead atoms. The highest BCUT2D eigenvalue weighted by Gasteiger charge is 2.47. The fourth-order valence-electron chi connectivity index (χ4n) is 1.96. The lowest BCUT2D eigenvalue weighted by atomic mass is 10.1. The standard InChI is InChI=1S/C14H22O13S/c15-1-4-22-12(19)25-8-7-28-11(18)10(27-14(21)24-6-3-17)9(8)26-13(20)23-5-2-16/h8-11,15-18H,1-7H2/t8-,9+,10-,11-/m1/s1. The second kappa shape index (κ2) is 13.2. The van der Waals surface area contributed by atoms with Crippen molar-refractivity contribution >= 4 is 30.2 Å². The molecule has 0 aliphatic carbocycles. The molecule has 4 N–H and O–H groups in total. The minimum Gasteiger partial charge on any atom is -0.432 e. The SMILES string of the molecule is O=C(OCCO)O[C@@H]1[C@@H](OC(=O)OCCO)[C@H](OC(=O)OCCO)CS[C@H]1O. The molecule has 0 radical (unpaired) electrons. The lowest BCUT2D eigenvalue weighted by molar-refractivity contribution is -0.125. The van der Waals surface area contributed by atoms with E-state index in [2.05, 4.69) is 14.2 Å². The number of rotatable bonds is 9. The van der Waals surface area contributed by atoms with Crippen LogP contribution in [0.2, 0.25) is 0 Å². The number of aliphatic hydroxyl groups is 4. The van der Waals surface area contributed by atoms with Crippen LogP contribution in [0.3, 0.4) is 0 Å². The topological polar surface area (TPSA) is 188 Å². The quantitative estimate of drug-likeness (QED) is 0.247. The third-order valence-corrected chi connectivity index (χ3v) is 4.18. The summed E-state index contributed by atoms with van der Waals surface area (Å²) >= 11 is 0.834. The summed E-state index contributed by atoms with van der Waals surface area (Å²) in [5, 5.41) is 36.1. The molecule has 1 fully saturated rings. The van der Waals surface area contributed by atoms with Gasteiger partial charge in [0.15, 0.2) is 18.3 Å². The predicted molar refractivity (Wildman–Crippen MR) is 88.4 cm³/mol. The molecule has 0 spiro atoms. The fourth-order valence-corrected chi connectivity index (χ4v) is 3.01. The number of hydrogen-bond donors (Lipinski definition) is 4. The van der Waals surface area contributed by atoms with E-state index in [0.717, 1.165) is 11.8 Å². The maximum Gasteiger partial charge on any atom is 0.508 e. The number of carbonyl (C=O) groups excluding carboxylic acids is 3. The molecule has 162 valence electrons. The third-order valence-electron chi connectivity index (χ3n) is 3.05. The largest absolute Gasteiger partial charge is 0.508 e. The summed E-state index contributed by atoms with van der Waals surface area (Å²) in [5.74, 6) is -0.0567. The van der Waals surface area contributed by atoms with E-state index in [4.69, 9.17) is 29.5 Å². The van der Waals surface area contributed by atoms with Crippen LogP contribution in [0.4, 0.5) is 14.4 Å². The van der Waals surface area contributed by atoms with E-state index in [1.807, 2.05) is 0 Å². The predicted octanol–water partition coefficient (Wildman–Crippen LogP) is -1.41. The number of aliphatic hydroxyl groups excluding tert-OH is 4. The van der Waals surface area contributed by atoms with Crippen LogP contribution in [0.1, 0.15) is 0 Å². The Labute approximate surface area is 163 Å². The van der Waals surface area contributed by atoms with Crippen molar-refractivity contribution in [3.8, 4) is 0 Å². The summed E-state index contributed by atoms with van der Waals surface area (Å²) in [6.45, 7) is -2.46. The molecule has 0 aromatic carbocycles. The number of carbonyl (C=O) groups is 3. The van der Waals surface area contributed by atoms with E-state index in [-0.39, 0.29) is 25.6 Å². The highest BCUT2D eigenvalue weighted by atomic mass is 32.2. The van der Waals surface area contributed by atoms with Gasteiger partial charge in [-0.1, -0.05) is 0 Å². The van der Waals surface area contributed by atoms with E-state index in [1.54, 1.807) is 0 Å². The molecule has 0 unspecified atom stereocenters. The first-order chi connectivity index (χ1) is 13.4. The van der Waals surface area contributed by atoms with Gasteiger partial charge in [-0.25, -0.2) is 14.4 Å². The molecule has 1 saturated heterocycles. The molecule has 0 saturated carbocycles. The molecular formula is C14H22O13S. The lowest BCUT2D eigenvalue weighted by Gasteiger charge is -2.37. The number of hydrogen-bond acceptors (Lipinski definition) is 14. The molecule has 4 atom stereocenters. The Hall–Kier alpha value is -2.00. The monoisotopic (exact) mass is 430 g/mol. The maximum absolute atomic E-state index is 11.7. The summed E-state index contributed by atoms with van der Waals surface area (Å²) in [6, 6.07) is 0. The van der Waals surface area contributed by atoms with Crippen LogP contribution in [0.5, 0.6) is 0 Å². The first kappa shape index (κ1) is 24.0. The zero-order chi connectivity index (χ0) is 20.9. The Kier molecular flexibility index (Phi) is 11.4. The minimum atomic E-state index is -1.51. The van der Waals surface area contributed by atoms with E-state index < -0.39 is 62.0 Å². The maximum atomic E-state index is 11.7. The average Bonchev–Trinajstić information content (AvgIpc) is 2.67. The number of ether oxygens (including phenoxy) is 6.